The molecule has 9 heteroatoms. The number of allylic oxidation sites excluding steroid dienone is 1. The minimum absolute atomic E-state index is 0.0482. The first-order valence-corrected chi connectivity index (χ1v) is 14.9. The summed E-state index contributed by atoms with van der Waals surface area (Å²) in [5, 5.41) is 23.6. The fourth-order valence-electron chi connectivity index (χ4n) is 9.12. The van der Waals surface area contributed by atoms with Crippen molar-refractivity contribution in [1.82, 2.24) is 0 Å². The van der Waals surface area contributed by atoms with Crippen LogP contribution >= 0.6 is 0 Å². The zero-order valence-electron chi connectivity index (χ0n) is 24.3. The second-order valence-corrected chi connectivity index (χ2v) is 14.5. The summed E-state index contributed by atoms with van der Waals surface area (Å²) in [4.78, 5) is 0. The average Bonchev–Trinajstić information content (AvgIpc) is 3.20. The number of benzene rings is 1. The maximum absolute atomic E-state index is 15.2. The van der Waals surface area contributed by atoms with Gasteiger partial charge in [-0.3, -0.25) is 0 Å². The lowest BCUT2D eigenvalue weighted by atomic mass is 9.49. The molecule has 2 N–H and O–H groups in total. The molecule has 4 nitrogen and oxygen atoms in total. The van der Waals surface area contributed by atoms with Gasteiger partial charge < -0.3 is 19.7 Å². The molecule has 3 saturated carbocycles. The molecule has 42 heavy (non-hydrogen) atoms. The van der Waals surface area contributed by atoms with Gasteiger partial charge in [-0.25, -0.2) is 0 Å². The molecular weight excluding hydrogens is 555 g/mol. The molecule has 0 radical (unpaired) electrons. The fourth-order valence-corrected chi connectivity index (χ4v) is 9.12. The van der Waals surface area contributed by atoms with Crippen molar-refractivity contribution in [2.75, 3.05) is 13.2 Å². The predicted octanol–water partition coefficient (Wildman–Crippen LogP) is 6.89. The summed E-state index contributed by atoms with van der Waals surface area (Å²) >= 11 is 0. The van der Waals surface area contributed by atoms with E-state index in [0.717, 1.165) is 16.7 Å². The number of rotatable bonds is 2. The molecule has 1 aromatic carbocycles. The summed E-state index contributed by atoms with van der Waals surface area (Å²) in [5.74, 6) is -5.16. The third-order valence-electron chi connectivity index (χ3n) is 11.4. The molecular formula is C33H39F5O4. The maximum atomic E-state index is 15.2. The second kappa shape index (κ2) is 9.26. The van der Waals surface area contributed by atoms with Crippen LogP contribution in [0.15, 0.2) is 35.4 Å². The Bertz CT molecular complexity index is 1320. The molecule has 4 fully saturated rings. The Morgan fingerprint density at radius 2 is 1.57 bits per heavy atom. The van der Waals surface area contributed by atoms with E-state index < -0.39 is 52.8 Å². The highest BCUT2D eigenvalue weighted by Gasteiger charge is 2.79. The molecule has 4 aliphatic carbocycles. The Kier molecular flexibility index (Phi) is 6.63. The third-order valence-corrected chi connectivity index (χ3v) is 11.4. The van der Waals surface area contributed by atoms with Crippen molar-refractivity contribution in [3.05, 3.63) is 46.5 Å². The molecule has 1 spiro atoms. The van der Waals surface area contributed by atoms with Gasteiger partial charge in [-0.15, -0.1) is 6.42 Å². The van der Waals surface area contributed by atoms with Crippen molar-refractivity contribution in [2.45, 2.75) is 107 Å². The van der Waals surface area contributed by atoms with Gasteiger partial charge in [-0.1, -0.05) is 44.4 Å². The van der Waals surface area contributed by atoms with Crippen LogP contribution in [-0.4, -0.2) is 52.5 Å². The quantitative estimate of drug-likeness (QED) is 0.223. The molecule has 0 amide bonds. The summed E-state index contributed by atoms with van der Waals surface area (Å²) in [6, 6.07) is 7.03. The zero-order valence-corrected chi connectivity index (χ0v) is 24.3. The van der Waals surface area contributed by atoms with Crippen LogP contribution in [0.1, 0.15) is 89.2 Å². The Labute approximate surface area is 243 Å². The topological polar surface area (TPSA) is 58.9 Å². The summed E-state index contributed by atoms with van der Waals surface area (Å²) < 4.78 is 84.3. The summed E-state index contributed by atoms with van der Waals surface area (Å²) in [5.41, 5.74) is -3.28. The lowest BCUT2D eigenvalue weighted by Crippen LogP contribution is -2.65. The largest absolute Gasteiger partial charge is 0.456 e. The number of alkyl halides is 5. The molecule has 3 unspecified atom stereocenters. The SMILES string of the molecule is C#Cc1ccc([C@H]2C[C@@]3(C)C(CC[C@@]3(O)C(F)(F)C(F)(F)F)C3CCC4(O)CC5(CCC4=C32)OCC(C)(C)CO5)cc1. The molecule has 1 aromatic rings. The van der Waals surface area contributed by atoms with Crippen molar-refractivity contribution >= 4 is 0 Å². The van der Waals surface area contributed by atoms with Gasteiger partial charge in [0.2, 0.25) is 0 Å². The Hall–Kier alpha value is -1.99. The van der Waals surface area contributed by atoms with E-state index in [1.807, 2.05) is 0 Å². The molecule has 0 bridgehead atoms. The monoisotopic (exact) mass is 594 g/mol. The summed E-state index contributed by atoms with van der Waals surface area (Å²) in [7, 11) is 0. The molecule has 6 atom stereocenters. The number of terminal acetylenes is 1. The molecule has 0 aromatic heterocycles. The van der Waals surface area contributed by atoms with Crippen LogP contribution in [0.2, 0.25) is 0 Å². The Morgan fingerprint density at radius 1 is 0.929 bits per heavy atom. The van der Waals surface area contributed by atoms with Gasteiger partial charge in [0.1, 0.15) is 5.60 Å². The first-order valence-electron chi connectivity index (χ1n) is 14.9. The molecule has 5 aliphatic rings. The lowest BCUT2D eigenvalue weighted by Gasteiger charge is -2.59. The number of fused-ring (bicyclic) bond motifs is 4. The van der Waals surface area contributed by atoms with Crippen LogP contribution < -0.4 is 0 Å². The fraction of sp³-hybridized carbons (Fsp3) is 0.697. The molecule has 1 saturated heterocycles. The standard InChI is InChI=1S/C33H39F5O4/c1-5-20-6-8-21(9-7-20)23-16-28(4)24(12-15-31(28,40)32(34,35)33(36,37)38)22-10-13-29(39)17-30(14-11-25(29)26(22)23)41-18-27(2,3)19-42-30/h1,6-9,22-24,39-40H,10-19H2,2-4H3/t22?,23-,24?,28+,29?,31+/m1/s1. The number of halogens is 5. The molecule has 6 rings (SSSR count). The van der Waals surface area contributed by atoms with Gasteiger partial charge in [0.25, 0.3) is 0 Å². The number of hydrogen-bond acceptors (Lipinski definition) is 4. The van der Waals surface area contributed by atoms with Gasteiger partial charge in [0, 0.05) is 35.2 Å². The minimum Gasteiger partial charge on any atom is -0.385 e. The van der Waals surface area contributed by atoms with Crippen molar-refractivity contribution in [3.63, 3.8) is 0 Å². The van der Waals surface area contributed by atoms with E-state index in [9.17, 15) is 23.4 Å². The Balaban J connectivity index is 1.46. The molecule has 1 aliphatic heterocycles. The van der Waals surface area contributed by atoms with E-state index in [2.05, 4.69) is 19.8 Å². The third kappa shape index (κ3) is 4.15. The summed E-state index contributed by atoms with van der Waals surface area (Å²) in [6.07, 6.45) is 0.902. The van der Waals surface area contributed by atoms with Crippen LogP contribution in [0.25, 0.3) is 0 Å². The first-order chi connectivity index (χ1) is 19.4. The van der Waals surface area contributed by atoms with Crippen molar-refractivity contribution in [1.29, 1.82) is 0 Å². The van der Waals surface area contributed by atoms with Crippen LogP contribution in [0.5, 0.6) is 0 Å². The minimum atomic E-state index is -5.89. The van der Waals surface area contributed by atoms with Crippen molar-refractivity contribution in [3.8, 4) is 12.3 Å². The van der Waals surface area contributed by atoms with E-state index in [1.54, 1.807) is 24.3 Å². The zero-order chi connectivity index (χ0) is 30.6. The van der Waals surface area contributed by atoms with E-state index >= 15 is 8.78 Å². The Morgan fingerprint density at radius 3 is 2.17 bits per heavy atom. The molecule has 1 heterocycles. The van der Waals surface area contributed by atoms with Gasteiger partial charge >= 0.3 is 12.1 Å². The predicted molar refractivity (Wildman–Crippen MR) is 145 cm³/mol. The highest BCUT2D eigenvalue weighted by atomic mass is 19.4. The highest BCUT2D eigenvalue weighted by molar-refractivity contribution is 5.46. The number of hydrogen-bond donors (Lipinski definition) is 2. The van der Waals surface area contributed by atoms with E-state index in [0.29, 0.717) is 44.5 Å². The number of aliphatic hydroxyl groups is 2. The normalized spacial score (nSPS) is 39.3. The highest BCUT2D eigenvalue weighted by Crippen LogP contribution is 2.71. The van der Waals surface area contributed by atoms with E-state index in [-0.39, 0.29) is 30.6 Å². The van der Waals surface area contributed by atoms with E-state index in [4.69, 9.17) is 15.9 Å². The van der Waals surface area contributed by atoms with Gasteiger partial charge in [-0.2, -0.15) is 22.0 Å². The lowest BCUT2D eigenvalue weighted by molar-refractivity contribution is -0.362. The van der Waals surface area contributed by atoms with Crippen LogP contribution in [0, 0.1) is 35.0 Å². The van der Waals surface area contributed by atoms with Crippen LogP contribution in [0.3, 0.4) is 0 Å². The van der Waals surface area contributed by atoms with Gasteiger partial charge in [-0.05, 0) is 73.6 Å². The van der Waals surface area contributed by atoms with Crippen molar-refractivity contribution < 1.29 is 41.6 Å². The maximum Gasteiger partial charge on any atom is 0.456 e. The van der Waals surface area contributed by atoms with Gasteiger partial charge in [0.05, 0.1) is 18.8 Å². The summed E-state index contributed by atoms with van der Waals surface area (Å²) in [6.45, 7) is 6.51. The smallest absolute Gasteiger partial charge is 0.385 e. The molecule has 230 valence electrons. The van der Waals surface area contributed by atoms with Gasteiger partial charge in [0.15, 0.2) is 5.79 Å². The van der Waals surface area contributed by atoms with Crippen molar-refractivity contribution in [2.24, 2.45) is 22.7 Å². The first kappa shape index (κ1) is 30.1. The second-order valence-electron chi connectivity index (χ2n) is 14.5. The van der Waals surface area contributed by atoms with Crippen LogP contribution in [-0.2, 0) is 9.47 Å². The average molecular weight is 595 g/mol. The number of ether oxygens (including phenoxy) is 2. The van der Waals surface area contributed by atoms with E-state index in [1.165, 1.54) is 6.92 Å². The van der Waals surface area contributed by atoms with Crippen LogP contribution in [0.4, 0.5) is 22.0 Å².